The fourth-order valence-electron chi connectivity index (χ4n) is 1.32. The molecule has 3 nitrogen and oxygen atoms in total. The van der Waals surface area contributed by atoms with E-state index in [1.54, 1.807) is 12.1 Å². The maximum atomic E-state index is 10.3. The predicted octanol–water partition coefficient (Wildman–Crippen LogP) is 4.59. The summed E-state index contributed by atoms with van der Waals surface area (Å²) >= 11 is 3.45. The van der Waals surface area contributed by atoms with Crippen molar-refractivity contribution in [3.8, 4) is 0 Å². The number of benzene rings is 2. The second-order valence-corrected chi connectivity index (χ2v) is 4.10. The second-order valence-electron chi connectivity index (χ2n) is 3.24. The van der Waals surface area contributed by atoms with E-state index in [2.05, 4.69) is 26.4 Å². The summed E-state index contributed by atoms with van der Waals surface area (Å²) in [4.78, 5) is 10.3. The van der Waals surface area contributed by atoms with Crippen LogP contribution in [0.2, 0.25) is 0 Å². The molecule has 0 aliphatic carbocycles. The van der Waals surface area contributed by atoms with Gasteiger partial charge in [0, 0.05) is 10.2 Å². The van der Waals surface area contributed by atoms with Crippen LogP contribution in [0.5, 0.6) is 0 Å². The lowest BCUT2D eigenvalue weighted by Crippen LogP contribution is -1.90. The zero-order valence-corrected chi connectivity index (χ0v) is 9.94. The van der Waals surface area contributed by atoms with Crippen LogP contribution < -0.4 is 5.32 Å². The van der Waals surface area contributed by atoms with Gasteiger partial charge in [-0.05, 0) is 57.5 Å². The molecule has 16 heavy (non-hydrogen) atoms. The first-order chi connectivity index (χ1) is 7.79. The molecule has 2 aromatic rings. The van der Waals surface area contributed by atoms with Crippen molar-refractivity contribution in [2.75, 3.05) is 5.32 Å². The number of para-hydroxylation sites is 1. The van der Waals surface area contributed by atoms with Gasteiger partial charge in [-0.1, -0.05) is 12.1 Å². The zero-order valence-electron chi connectivity index (χ0n) is 8.35. The van der Waals surface area contributed by atoms with Crippen LogP contribution in [0.15, 0.2) is 58.2 Å². The lowest BCUT2D eigenvalue weighted by molar-refractivity contribution is 1.47. The molecule has 0 bridgehead atoms. The Morgan fingerprint density at radius 1 is 1.00 bits per heavy atom. The molecule has 0 saturated heterocycles. The molecule has 2 aromatic carbocycles. The van der Waals surface area contributed by atoms with Gasteiger partial charge in [0.2, 0.25) is 0 Å². The fourth-order valence-corrected chi connectivity index (χ4v) is 1.71. The Kier molecular flexibility index (Phi) is 3.31. The molecule has 0 spiro atoms. The summed E-state index contributed by atoms with van der Waals surface area (Å²) in [7, 11) is 0. The zero-order chi connectivity index (χ0) is 11.4. The topological polar surface area (TPSA) is 41.5 Å². The second kappa shape index (κ2) is 4.90. The molecule has 0 aromatic heterocycles. The van der Waals surface area contributed by atoms with E-state index >= 15 is 0 Å². The van der Waals surface area contributed by atoms with E-state index in [1.165, 1.54) is 0 Å². The molecule has 0 aliphatic heterocycles. The largest absolute Gasteiger partial charge is 0.355 e. The number of nitrogens with one attached hydrogen (secondary N) is 1. The van der Waals surface area contributed by atoms with Crippen LogP contribution >= 0.6 is 15.9 Å². The predicted molar refractivity (Wildman–Crippen MR) is 69.3 cm³/mol. The van der Waals surface area contributed by atoms with Gasteiger partial charge < -0.3 is 5.32 Å². The van der Waals surface area contributed by atoms with E-state index in [0.29, 0.717) is 5.69 Å². The summed E-state index contributed by atoms with van der Waals surface area (Å²) in [5, 5.41) is 6.08. The lowest BCUT2D eigenvalue weighted by Gasteiger charge is -2.07. The first kappa shape index (κ1) is 10.8. The van der Waals surface area contributed by atoms with Crippen molar-refractivity contribution >= 4 is 33.0 Å². The Morgan fingerprint density at radius 2 is 1.69 bits per heavy atom. The monoisotopic (exact) mass is 276 g/mol. The van der Waals surface area contributed by atoms with Crippen LogP contribution in [0, 0.1) is 4.91 Å². The standard InChI is InChI=1S/C12H9BrN2O/c13-11-3-1-2-4-12(11)14-9-5-7-10(15-16)8-6-9/h1-8,14H. The van der Waals surface area contributed by atoms with Gasteiger partial charge in [-0.15, -0.1) is 4.91 Å². The summed E-state index contributed by atoms with van der Waals surface area (Å²) in [5.41, 5.74) is 2.33. The highest BCUT2D eigenvalue weighted by atomic mass is 79.9. The molecule has 0 radical (unpaired) electrons. The molecule has 0 aliphatic rings. The van der Waals surface area contributed by atoms with Gasteiger partial charge >= 0.3 is 0 Å². The summed E-state index contributed by atoms with van der Waals surface area (Å²) in [6.45, 7) is 0. The van der Waals surface area contributed by atoms with Crippen LogP contribution in [0.1, 0.15) is 0 Å². The minimum atomic E-state index is 0.428. The van der Waals surface area contributed by atoms with Crippen LogP contribution in [-0.4, -0.2) is 0 Å². The number of nitrogens with zero attached hydrogens (tertiary/aromatic N) is 1. The maximum Gasteiger partial charge on any atom is 0.108 e. The minimum Gasteiger partial charge on any atom is -0.355 e. The molecule has 80 valence electrons. The van der Waals surface area contributed by atoms with Crippen molar-refractivity contribution in [2.45, 2.75) is 0 Å². The quantitative estimate of drug-likeness (QED) is 0.833. The lowest BCUT2D eigenvalue weighted by atomic mass is 10.2. The summed E-state index contributed by atoms with van der Waals surface area (Å²) < 4.78 is 0.993. The fraction of sp³-hybridized carbons (Fsp3) is 0. The van der Waals surface area contributed by atoms with Crippen LogP contribution in [0.3, 0.4) is 0 Å². The molecule has 1 N–H and O–H groups in total. The number of halogens is 1. The van der Waals surface area contributed by atoms with E-state index in [0.717, 1.165) is 15.8 Å². The Labute approximate surface area is 102 Å². The average molecular weight is 277 g/mol. The van der Waals surface area contributed by atoms with Crippen molar-refractivity contribution in [2.24, 2.45) is 5.18 Å². The van der Waals surface area contributed by atoms with Gasteiger partial charge in [-0.25, -0.2) is 0 Å². The van der Waals surface area contributed by atoms with Gasteiger partial charge in [-0.3, -0.25) is 0 Å². The third-order valence-corrected chi connectivity index (χ3v) is 2.82. The van der Waals surface area contributed by atoms with Gasteiger partial charge in [0.15, 0.2) is 0 Å². The van der Waals surface area contributed by atoms with E-state index in [-0.39, 0.29) is 0 Å². The smallest absolute Gasteiger partial charge is 0.108 e. The summed E-state index contributed by atoms with van der Waals surface area (Å²) in [6.07, 6.45) is 0. The van der Waals surface area contributed by atoms with E-state index in [9.17, 15) is 4.91 Å². The normalized spacial score (nSPS) is 9.81. The Morgan fingerprint density at radius 3 is 2.31 bits per heavy atom. The highest BCUT2D eigenvalue weighted by molar-refractivity contribution is 9.10. The SMILES string of the molecule is O=Nc1ccc(Nc2ccccc2Br)cc1. The number of hydrogen-bond acceptors (Lipinski definition) is 3. The van der Waals surface area contributed by atoms with E-state index < -0.39 is 0 Å². The third-order valence-electron chi connectivity index (χ3n) is 2.13. The summed E-state index contributed by atoms with van der Waals surface area (Å²) in [6, 6.07) is 14.8. The van der Waals surface area contributed by atoms with Gasteiger partial charge in [0.25, 0.3) is 0 Å². The van der Waals surface area contributed by atoms with Crippen molar-refractivity contribution in [3.05, 3.63) is 57.9 Å². The minimum absolute atomic E-state index is 0.428. The average Bonchev–Trinajstić information content (AvgIpc) is 2.33. The van der Waals surface area contributed by atoms with E-state index in [4.69, 9.17) is 0 Å². The highest BCUT2D eigenvalue weighted by Crippen LogP contribution is 2.26. The van der Waals surface area contributed by atoms with Gasteiger partial charge in [0.1, 0.15) is 5.69 Å². The molecule has 0 amide bonds. The first-order valence-corrected chi connectivity index (χ1v) is 5.54. The maximum absolute atomic E-state index is 10.3. The molecule has 2 rings (SSSR count). The molecule has 0 fully saturated rings. The Balaban J connectivity index is 2.21. The van der Waals surface area contributed by atoms with Gasteiger partial charge in [-0.2, -0.15) is 0 Å². The third kappa shape index (κ3) is 2.46. The van der Waals surface area contributed by atoms with Crippen molar-refractivity contribution in [1.29, 1.82) is 0 Å². The Hall–Kier alpha value is -1.68. The number of rotatable bonds is 3. The van der Waals surface area contributed by atoms with E-state index in [1.807, 2.05) is 36.4 Å². The molecular weight excluding hydrogens is 268 g/mol. The molecular formula is C12H9BrN2O. The van der Waals surface area contributed by atoms with Crippen molar-refractivity contribution < 1.29 is 0 Å². The van der Waals surface area contributed by atoms with Gasteiger partial charge in [0.05, 0.1) is 5.69 Å². The molecule has 0 saturated carbocycles. The van der Waals surface area contributed by atoms with Crippen LogP contribution in [0.25, 0.3) is 0 Å². The molecule has 4 heteroatoms. The van der Waals surface area contributed by atoms with Crippen LogP contribution in [-0.2, 0) is 0 Å². The Bertz CT molecular complexity index is 497. The molecule has 0 unspecified atom stereocenters. The number of hydrogen-bond donors (Lipinski definition) is 1. The summed E-state index contributed by atoms with van der Waals surface area (Å²) in [5.74, 6) is 0. The van der Waals surface area contributed by atoms with Crippen molar-refractivity contribution in [3.63, 3.8) is 0 Å². The van der Waals surface area contributed by atoms with Crippen LogP contribution in [0.4, 0.5) is 17.1 Å². The highest BCUT2D eigenvalue weighted by Gasteiger charge is 1.99. The van der Waals surface area contributed by atoms with Crippen molar-refractivity contribution in [1.82, 2.24) is 0 Å². The first-order valence-electron chi connectivity index (χ1n) is 4.74. The molecule has 0 heterocycles. The number of anilines is 2. The molecule has 0 atom stereocenters. The number of nitroso groups, excluding NO2 is 1.